The average Bonchev–Trinajstić information content (AvgIpc) is 2.73. The Morgan fingerprint density at radius 3 is 2.69 bits per heavy atom. The Kier molecular flexibility index (Phi) is 4.62. The van der Waals surface area contributed by atoms with Gasteiger partial charge < -0.3 is 10.5 Å². The molecular formula is C13H26N2O. The molecule has 1 saturated heterocycles. The van der Waals surface area contributed by atoms with Crippen molar-refractivity contribution in [2.24, 2.45) is 11.7 Å². The van der Waals surface area contributed by atoms with Crippen molar-refractivity contribution in [3.63, 3.8) is 0 Å². The summed E-state index contributed by atoms with van der Waals surface area (Å²) in [6.45, 7) is 2.71. The van der Waals surface area contributed by atoms with Gasteiger partial charge >= 0.3 is 0 Å². The third-order valence-electron chi connectivity index (χ3n) is 4.43. The second kappa shape index (κ2) is 5.99. The molecule has 0 spiro atoms. The maximum atomic E-state index is 5.94. The molecule has 0 aromatic rings. The molecule has 0 aromatic carbocycles. The summed E-state index contributed by atoms with van der Waals surface area (Å²) in [5.74, 6) is 0.702. The van der Waals surface area contributed by atoms with E-state index in [0.29, 0.717) is 18.0 Å². The molecule has 1 saturated carbocycles. The predicted octanol–water partition coefficient (Wildman–Crippen LogP) is 1.61. The summed E-state index contributed by atoms with van der Waals surface area (Å²) >= 11 is 0. The van der Waals surface area contributed by atoms with Crippen LogP contribution in [0.15, 0.2) is 0 Å². The molecular weight excluding hydrogens is 200 g/mol. The molecule has 2 fully saturated rings. The van der Waals surface area contributed by atoms with Gasteiger partial charge in [0.25, 0.3) is 0 Å². The smallest absolute Gasteiger partial charge is 0.0622 e. The fourth-order valence-electron chi connectivity index (χ4n) is 3.29. The van der Waals surface area contributed by atoms with Gasteiger partial charge in [0.15, 0.2) is 0 Å². The molecule has 3 atom stereocenters. The van der Waals surface area contributed by atoms with E-state index in [2.05, 4.69) is 11.9 Å². The zero-order valence-corrected chi connectivity index (χ0v) is 10.5. The lowest BCUT2D eigenvalue weighted by Crippen LogP contribution is -2.46. The molecule has 0 amide bonds. The Morgan fingerprint density at radius 2 is 2.00 bits per heavy atom. The molecule has 3 unspecified atom stereocenters. The lowest BCUT2D eigenvalue weighted by atomic mass is 9.92. The summed E-state index contributed by atoms with van der Waals surface area (Å²) in [5, 5.41) is 0. The van der Waals surface area contributed by atoms with E-state index in [4.69, 9.17) is 10.5 Å². The molecule has 1 heterocycles. The number of likely N-dealkylation sites (N-methyl/N-ethyl adjacent to an activating group) is 1. The molecule has 1 aliphatic carbocycles. The number of nitrogens with zero attached hydrogens (tertiary/aromatic N) is 1. The highest BCUT2D eigenvalue weighted by molar-refractivity contribution is 4.86. The lowest BCUT2D eigenvalue weighted by molar-refractivity contribution is 0.0995. The molecule has 0 bridgehead atoms. The Hall–Kier alpha value is -0.120. The number of ether oxygens (including phenoxy) is 1. The first-order valence-electron chi connectivity index (χ1n) is 6.82. The van der Waals surface area contributed by atoms with Crippen LogP contribution >= 0.6 is 0 Å². The Balaban J connectivity index is 1.97. The third-order valence-corrected chi connectivity index (χ3v) is 4.43. The lowest BCUT2D eigenvalue weighted by Gasteiger charge is -2.36. The van der Waals surface area contributed by atoms with E-state index in [9.17, 15) is 0 Å². The zero-order chi connectivity index (χ0) is 11.4. The van der Waals surface area contributed by atoms with Gasteiger partial charge in [-0.15, -0.1) is 0 Å². The van der Waals surface area contributed by atoms with E-state index in [1.807, 2.05) is 0 Å². The summed E-state index contributed by atoms with van der Waals surface area (Å²) in [5.41, 5.74) is 5.94. The Bertz CT molecular complexity index is 204. The first-order chi connectivity index (χ1) is 7.83. The summed E-state index contributed by atoms with van der Waals surface area (Å²) < 4.78 is 5.50. The molecule has 0 radical (unpaired) electrons. The van der Waals surface area contributed by atoms with Crippen LogP contribution in [0.2, 0.25) is 0 Å². The van der Waals surface area contributed by atoms with Crippen LogP contribution in [-0.4, -0.2) is 43.8 Å². The second-order valence-electron chi connectivity index (χ2n) is 5.38. The van der Waals surface area contributed by atoms with Crippen LogP contribution in [0.4, 0.5) is 0 Å². The van der Waals surface area contributed by atoms with Gasteiger partial charge in [-0.3, -0.25) is 4.90 Å². The molecule has 16 heavy (non-hydrogen) atoms. The van der Waals surface area contributed by atoms with Crippen molar-refractivity contribution in [1.82, 2.24) is 4.90 Å². The summed E-state index contributed by atoms with van der Waals surface area (Å²) in [6, 6.07) is 1.33. The number of rotatable bonds is 3. The summed E-state index contributed by atoms with van der Waals surface area (Å²) in [7, 11) is 2.28. The first kappa shape index (κ1) is 12.3. The fourth-order valence-corrected chi connectivity index (χ4v) is 3.29. The highest BCUT2D eigenvalue weighted by Gasteiger charge is 2.31. The van der Waals surface area contributed by atoms with Crippen LogP contribution in [0.1, 0.15) is 38.5 Å². The maximum Gasteiger partial charge on any atom is 0.0622 e. The highest BCUT2D eigenvalue weighted by Crippen LogP contribution is 2.28. The van der Waals surface area contributed by atoms with Gasteiger partial charge in [0, 0.05) is 18.7 Å². The third kappa shape index (κ3) is 2.76. The quantitative estimate of drug-likeness (QED) is 0.743. The van der Waals surface area contributed by atoms with Crippen molar-refractivity contribution in [3.8, 4) is 0 Å². The second-order valence-corrected chi connectivity index (χ2v) is 5.38. The minimum absolute atomic E-state index is 0.636. The molecule has 2 rings (SSSR count). The zero-order valence-electron chi connectivity index (χ0n) is 10.5. The molecule has 3 nitrogen and oxygen atoms in total. The minimum Gasteiger partial charge on any atom is -0.380 e. The van der Waals surface area contributed by atoms with Gasteiger partial charge in [0.2, 0.25) is 0 Å². The molecule has 0 aromatic heterocycles. The average molecular weight is 226 g/mol. The van der Waals surface area contributed by atoms with Crippen LogP contribution in [-0.2, 0) is 4.74 Å². The Morgan fingerprint density at radius 1 is 1.19 bits per heavy atom. The number of hydrogen-bond donors (Lipinski definition) is 1. The van der Waals surface area contributed by atoms with Crippen LogP contribution in [0.5, 0.6) is 0 Å². The summed E-state index contributed by atoms with van der Waals surface area (Å²) in [6.07, 6.45) is 7.98. The minimum atomic E-state index is 0.636. The topological polar surface area (TPSA) is 38.5 Å². The van der Waals surface area contributed by atoms with Crippen LogP contribution in [0.3, 0.4) is 0 Å². The van der Waals surface area contributed by atoms with Crippen LogP contribution in [0.25, 0.3) is 0 Å². The standard InChI is InChI=1S/C13H26N2O/c1-15(12-7-8-16-10-12)13-6-4-2-3-5-11(13)9-14/h11-13H,2-10,14H2,1H3. The fraction of sp³-hybridized carbons (Fsp3) is 1.00. The first-order valence-corrected chi connectivity index (χ1v) is 6.82. The normalized spacial score (nSPS) is 36.6. The van der Waals surface area contributed by atoms with Gasteiger partial charge in [-0.2, -0.15) is 0 Å². The van der Waals surface area contributed by atoms with E-state index in [-0.39, 0.29) is 0 Å². The van der Waals surface area contributed by atoms with E-state index < -0.39 is 0 Å². The maximum absolute atomic E-state index is 5.94. The SMILES string of the molecule is CN(C1CCOC1)C1CCCCCC1CN. The molecule has 1 aliphatic heterocycles. The van der Waals surface area contributed by atoms with Crippen LogP contribution in [0, 0.1) is 5.92 Å². The Labute approximate surface area is 99.3 Å². The van der Waals surface area contributed by atoms with Crippen molar-refractivity contribution in [3.05, 3.63) is 0 Å². The highest BCUT2D eigenvalue weighted by atomic mass is 16.5. The van der Waals surface area contributed by atoms with Crippen molar-refractivity contribution in [1.29, 1.82) is 0 Å². The van der Waals surface area contributed by atoms with Crippen molar-refractivity contribution >= 4 is 0 Å². The van der Waals surface area contributed by atoms with Gasteiger partial charge in [0.1, 0.15) is 0 Å². The molecule has 94 valence electrons. The van der Waals surface area contributed by atoms with Crippen molar-refractivity contribution < 1.29 is 4.74 Å². The predicted molar refractivity (Wildman–Crippen MR) is 66.4 cm³/mol. The largest absolute Gasteiger partial charge is 0.380 e. The monoisotopic (exact) mass is 226 g/mol. The van der Waals surface area contributed by atoms with Crippen molar-refractivity contribution in [2.75, 3.05) is 26.8 Å². The summed E-state index contributed by atoms with van der Waals surface area (Å²) in [4.78, 5) is 2.57. The van der Waals surface area contributed by atoms with E-state index in [1.165, 1.54) is 38.5 Å². The molecule has 2 aliphatic rings. The van der Waals surface area contributed by atoms with E-state index in [1.54, 1.807) is 0 Å². The van der Waals surface area contributed by atoms with E-state index in [0.717, 1.165) is 19.8 Å². The van der Waals surface area contributed by atoms with Crippen LogP contribution < -0.4 is 5.73 Å². The van der Waals surface area contributed by atoms with Gasteiger partial charge in [-0.25, -0.2) is 0 Å². The van der Waals surface area contributed by atoms with E-state index >= 15 is 0 Å². The number of hydrogen-bond acceptors (Lipinski definition) is 3. The van der Waals surface area contributed by atoms with Gasteiger partial charge in [0.05, 0.1) is 6.61 Å². The molecule has 2 N–H and O–H groups in total. The number of nitrogens with two attached hydrogens (primary N) is 1. The molecule has 3 heteroatoms. The van der Waals surface area contributed by atoms with Gasteiger partial charge in [-0.1, -0.05) is 19.3 Å². The van der Waals surface area contributed by atoms with Gasteiger partial charge in [-0.05, 0) is 38.8 Å². The van der Waals surface area contributed by atoms with Crippen molar-refractivity contribution in [2.45, 2.75) is 50.6 Å².